The largest absolute Gasteiger partial charge is 0.397 e. The molecule has 0 saturated carbocycles. The average molecular weight is 310 g/mol. The molecule has 0 unspecified atom stereocenters. The van der Waals surface area contributed by atoms with E-state index in [-0.39, 0.29) is 0 Å². The van der Waals surface area contributed by atoms with Gasteiger partial charge in [0.2, 0.25) is 0 Å². The van der Waals surface area contributed by atoms with Gasteiger partial charge in [0.05, 0.1) is 22.1 Å². The van der Waals surface area contributed by atoms with E-state index in [2.05, 4.69) is 31.3 Å². The summed E-state index contributed by atoms with van der Waals surface area (Å²) in [5, 5.41) is 7.59. The molecule has 6 heteroatoms. The van der Waals surface area contributed by atoms with Crippen molar-refractivity contribution in [1.82, 2.24) is 14.8 Å². The molecule has 2 aromatic rings. The van der Waals surface area contributed by atoms with Crippen LogP contribution in [-0.2, 0) is 13.6 Å². The van der Waals surface area contributed by atoms with Gasteiger partial charge in [-0.3, -0.25) is 4.68 Å². The molecule has 0 aliphatic heterocycles. The molecule has 0 aromatic carbocycles. The van der Waals surface area contributed by atoms with E-state index in [4.69, 9.17) is 5.73 Å². The van der Waals surface area contributed by atoms with Gasteiger partial charge in [0.15, 0.2) is 0 Å². The Morgan fingerprint density at radius 3 is 2.78 bits per heavy atom. The molecular weight excluding hydrogens is 294 g/mol. The lowest BCUT2D eigenvalue weighted by Crippen LogP contribution is -2.04. The summed E-state index contributed by atoms with van der Waals surface area (Å²) >= 11 is 3.50. The summed E-state index contributed by atoms with van der Waals surface area (Å²) in [5.41, 5.74) is 9.65. The molecule has 0 spiro atoms. The highest BCUT2D eigenvalue weighted by Crippen LogP contribution is 2.28. The number of nitrogens with one attached hydrogen (secondary N) is 1. The third-order valence-corrected chi connectivity index (χ3v) is 3.83. The minimum absolute atomic E-state index is 0.685. The van der Waals surface area contributed by atoms with E-state index in [1.54, 1.807) is 6.20 Å². The van der Waals surface area contributed by atoms with Gasteiger partial charge in [-0.2, -0.15) is 5.10 Å². The number of halogens is 1. The molecule has 96 valence electrons. The highest BCUT2D eigenvalue weighted by Gasteiger charge is 2.08. The fourth-order valence-corrected chi connectivity index (χ4v) is 2.19. The number of pyridine rings is 1. The van der Waals surface area contributed by atoms with Crippen LogP contribution in [0.3, 0.4) is 0 Å². The molecule has 5 nitrogen and oxygen atoms in total. The fourth-order valence-electron chi connectivity index (χ4n) is 1.72. The number of anilines is 2. The molecule has 0 aliphatic rings. The standard InChI is InChI=1S/C12H16BrN5/c1-7-10(14)5-16-12(11(7)13)15-4-9-6-18(3)17-8(9)2/h5-6H,4,14H2,1-3H3,(H,15,16). The molecule has 2 rings (SSSR count). The van der Waals surface area contributed by atoms with Crippen LogP contribution in [0.1, 0.15) is 16.8 Å². The Hall–Kier alpha value is -1.56. The third-order valence-electron chi connectivity index (χ3n) is 2.86. The number of rotatable bonds is 3. The van der Waals surface area contributed by atoms with Crippen LogP contribution >= 0.6 is 15.9 Å². The first-order chi connectivity index (χ1) is 8.49. The zero-order valence-electron chi connectivity index (χ0n) is 10.7. The summed E-state index contributed by atoms with van der Waals surface area (Å²) in [6, 6.07) is 0. The smallest absolute Gasteiger partial charge is 0.140 e. The maximum Gasteiger partial charge on any atom is 0.140 e. The van der Waals surface area contributed by atoms with Crippen molar-refractivity contribution < 1.29 is 0 Å². The highest BCUT2D eigenvalue weighted by molar-refractivity contribution is 9.10. The van der Waals surface area contributed by atoms with Crippen LogP contribution in [0.15, 0.2) is 16.9 Å². The first kappa shape index (κ1) is 12.9. The zero-order valence-corrected chi connectivity index (χ0v) is 12.2. The first-order valence-corrected chi connectivity index (χ1v) is 6.42. The third kappa shape index (κ3) is 2.48. The summed E-state index contributed by atoms with van der Waals surface area (Å²) in [5.74, 6) is 0.796. The van der Waals surface area contributed by atoms with Crippen molar-refractivity contribution in [3.05, 3.63) is 33.7 Å². The van der Waals surface area contributed by atoms with Crippen LogP contribution in [0, 0.1) is 13.8 Å². The van der Waals surface area contributed by atoms with E-state index in [0.29, 0.717) is 12.2 Å². The second-order valence-corrected chi connectivity index (χ2v) is 5.06. The second kappa shape index (κ2) is 4.97. The molecule has 0 fully saturated rings. The summed E-state index contributed by atoms with van der Waals surface area (Å²) in [4.78, 5) is 4.28. The fraction of sp³-hybridized carbons (Fsp3) is 0.333. The van der Waals surface area contributed by atoms with Gasteiger partial charge in [0, 0.05) is 25.4 Å². The van der Waals surface area contributed by atoms with Crippen molar-refractivity contribution in [2.75, 3.05) is 11.1 Å². The molecule has 2 aromatic heterocycles. The monoisotopic (exact) mass is 309 g/mol. The number of nitrogens with two attached hydrogens (primary N) is 1. The van der Waals surface area contributed by atoms with Gasteiger partial charge < -0.3 is 11.1 Å². The Morgan fingerprint density at radius 1 is 1.44 bits per heavy atom. The van der Waals surface area contributed by atoms with Gasteiger partial charge in [0.25, 0.3) is 0 Å². The molecule has 0 atom stereocenters. The lowest BCUT2D eigenvalue weighted by atomic mass is 10.2. The Labute approximate surface area is 115 Å². The molecule has 0 radical (unpaired) electrons. The summed E-state index contributed by atoms with van der Waals surface area (Å²) in [6.45, 7) is 4.64. The summed E-state index contributed by atoms with van der Waals surface area (Å²) in [6.07, 6.45) is 3.67. The van der Waals surface area contributed by atoms with Crippen molar-refractivity contribution in [2.45, 2.75) is 20.4 Å². The van der Waals surface area contributed by atoms with E-state index in [1.165, 1.54) is 0 Å². The second-order valence-electron chi connectivity index (χ2n) is 4.27. The van der Waals surface area contributed by atoms with Crippen molar-refractivity contribution >= 4 is 27.4 Å². The molecular formula is C12H16BrN5. The van der Waals surface area contributed by atoms with Crippen LogP contribution in [0.5, 0.6) is 0 Å². The Bertz CT molecular complexity index is 576. The summed E-state index contributed by atoms with van der Waals surface area (Å²) < 4.78 is 2.72. The van der Waals surface area contributed by atoms with Gasteiger partial charge in [-0.25, -0.2) is 4.98 Å². The predicted molar refractivity (Wildman–Crippen MR) is 76.4 cm³/mol. The molecule has 0 bridgehead atoms. The number of nitrogens with zero attached hydrogens (tertiary/aromatic N) is 3. The van der Waals surface area contributed by atoms with Crippen molar-refractivity contribution in [2.24, 2.45) is 7.05 Å². The quantitative estimate of drug-likeness (QED) is 0.913. The SMILES string of the molecule is Cc1nn(C)cc1CNc1ncc(N)c(C)c1Br. The van der Waals surface area contributed by atoms with Gasteiger partial charge in [-0.15, -0.1) is 0 Å². The van der Waals surface area contributed by atoms with E-state index in [0.717, 1.165) is 27.1 Å². The van der Waals surface area contributed by atoms with Crippen LogP contribution in [0.4, 0.5) is 11.5 Å². The minimum atomic E-state index is 0.685. The van der Waals surface area contributed by atoms with E-state index >= 15 is 0 Å². The molecule has 0 aliphatic carbocycles. The van der Waals surface area contributed by atoms with Crippen LogP contribution < -0.4 is 11.1 Å². The van der Waals surface area contributed by atoms with Crippen LogP contribution in [0.2, 0.25) is 0 Å². The molecule has 18 heavy (non-hydrogen) atoms. The van der Waals surface area contributed by atoms with Crippen LogP contribution in [-0.4, -0.2) is 14.8 Å². The number of nitrogen functional groups attached to an aromatic ring is 1. The van der Waals surface area contributed by atoms with Crippen molar-refractivity contribution in [3.63, 3.8) is 0 Å². The number of aromatic nitrogens is 3. The number of hydrogen-bond acceptors (Lipinski definition) is 4. The Balaban J connectivity index is 2.16. The Morgan fingerprint density at radius 2 is 2.17 bits per heavy atom. The number of aryl methyl sites for hydroxylation is 2. The normalized spacial score (nSPS) is 10.7. The minimum Gasteiger partial charge on any atom is -0.397 e. The molecule has 0 saturated heterocycles. The predicted octanol–water partition coefficient (Wildman–Crippen LogP) is 2.39. The topological polar surface area (TPSA) is 68.8 Å². The maximum atomic E-state index is 5.79. The first-order valence-electron chi connectivity index (χ1n) is 5.62. The van der Waals surface area contributed by atoms with E-state index in [1.807, 2.05) is 31.8 Å². The molecule has 3 N–H and O–H groups in total. The van der Waals surface area contributed by atoms with Gasteiger partial charge >= 0.3 is 0 Å². The Kier molecular flexibility index (Phi) is 3.56. The summed E-state index contributed by atoms with van der Waals surface area (Å²) in [7, 11) is 1.91. The molecule has 2 heterocycles. The van der Waals surface area contributed by atoms with E-state index in [9.17, 15) is 0 Å². The van der Waals surface area contributed by atoms with Crippen molar-refractivity contribution in [1.29, 1.82) is 0 Å². The van der Waals surface area contributed by atoms with Crippen LogP contribution in [0.25, 0.3) is 0 Å². The van der Waals surface area contributed by atoms with Crippen molar-refractivity contribution in [3.8, 4) is 0 Å². The maximum absolute atomic E-state index is 5.79. The highest BCUT2D eigenvalue weighted by atomic mass is 79.9. The lowest BCUT2D eigenvalue weighted by Gasteiger charge is -2.10. The number of hydrogen-bond donors (Lipinski definition) is 2. The zero-order chi connectivity index (χ0) is 13.3. The van der Waals surface area contributed by atoms with Gasteiger partial charge in [-0.05, 0) is 35.3 Å². The van der Waals surface area contributed by atoms with Gasteiger partial charge in [-0.1, -0.05) is 0 Å². The lowest BCUT2D eigenvalue weighted by molar-refractivity contribution is 0.756. The van der Waals surface area contributed by atoms with Gasteiger partial charge in [0.1, 0.15) is 5.82 Å². The molecule has 0 amide bonds. The average Bonchev–Trinajstić information content (AvgIpc) is 2.64. The van der Waals surface area contributed by atoms with E-state index < -0.39 is 0 Å².